The molecule has 3 aromatic rings. The zero-order valence-corrected chi connectivity index (χ0v) is 18.1. The van der Waals surface area contributed by atoms with Gasteiger partial charge < -0.3 is 10.6 Å². The Morgan fingerprint density at radius 1 is 0.968 bits per heavy atom. The fourth-order valence-electron chi connectivity index (χ4n) is 2.92. The van der Waals surface area contributed by atoms with Crippen LogP contribution in [0.25, 0.3) is 11.3 Å². The zero-order valence-electron chi connectivity index (χ0n) is 17.3. The highest BCUT2D eigenvalue weighted by atomic mass is 35.5. The van der Waals surface area contributed by atoms with Crippen LogP contribution in [-0.2, 0) is 22.6 Å². The van der Waals surface area contributed by atoms with E-state index in [-0.39, 0.29) is 24.6 Å². The summed E-state index contributed by atoms with van der Waals surface area (Å²) in [5.41, 5.74) is 2.35. The summed E-state index contributed by atoms with van der Waals surface area (Å²) in [7, 11) is 0. The average Bonchev–Trinajstić information content (AvgIpc) is 2.78. The molecule has 1 heterocycles. The lowest BCUT2D eigenvalue weighted by Gasteiger charge is -2.12. The van der Waals surface area contributed by atoms with Gasteiger partial charge in [-0.2, -0.15) is 5.10 Å². The number of para-hydroxylation sites is 1. The molecule has 0 unspecified atom stereocenters. The second-order valence-corrected chi connectivity index (χ2v) is 7.29. The molecule has 0 fully saturated rings. The molecule has 0 spiro atoms. The van der Waals surface area contributed by atoms with Gasteiger partial charge >= 0.3 is 0 Å². The molecule has 0 atom stereocenters. The third-order valence-electron chi connectivity index (χ3n) is 4.67. The molecular weight excluding hydrogens is 416 g/mol. The van der Waals surface area contributed by atoms with E-state index >= 15 is 0 Å². The summed E-state index contributed by atoms with van der Waals surface area (Å²) in [6.07, 6.45) is 1.11. The lowest BCUT2D eigenvalue weighted by molar-refractivity contribution is -0.117. The van der Waals surface area contributed by atoms with Crippen LogP contribution in [-0.4, -0.2) is 21.6 Å². The summed E-state index contributed by atoms with van der Waals surface area (Å²) in [6, 6.07) is 16.1. The van der Waals surface area contributed by atoms with Crippen molar-refractivity contribution in [1.29, 1.82) is 0 Å². The number of rotatable bonds is 7. The second-order valence-electron chi connectivity index (χ2n) is 6.89. The minimum atomic E-state index is -0.565. The minimum absolute atomic E-state index is 0.0713. The number of benzene rings is 2. The average molecular weight is 439 g/mol. The Hall–Kier alpha value is -3.45. The number of anilines is 2. The number of aromatic nitrogens is 2. The Bertz CT molecular complexity index is 1160. The number of halogens is 1. The van der Waals surface area contributed by atoms with Crippen molar-refractivity contribution in [2.24, 2.45) is 0 Å². The molecule has 8 heteroatoms. The fraction of sp³-hybridized carbons (Fsp3) is 0.217. The van der Waals surface area contributed by atoms with Gasteiger partial charge in [-0.25, -0.2) is 4.68 Å². The third kappa shape index (κ3) is 5.58. The number of nitrogens with zero attached hydrogens (tertiary/aromatic N) is 2. The highest BCUT2D eigenvalue weighted by Gasteiger charge is 2.15. The lowest BCUT2D eigenvalue weighted by Crippen LogP contribution is -2.32. The SMILES string of the molecule is CCC(=O)Nc1cc(-c2ccc(CC)cc2)nn(CC(=O)Nc2ccccc2Cl)c1=O. The van der Waals surface area contributed by atoms with Crippen LogP contribution in [0.2, 0.25) is 5.02 Å². The van der Waals surface area contributed by atoms with Crippen molar-refractivity contribution in [1.82, 2.24) is 9.78 Å². The van der Waals surface area contributed by atoms with Crippen molar-refractivity contribution in [3.05, 3.63) is 75.5 Å². The van der Waals surface area contributed by atoms with Gasteiger partial charge in [-0.3, -0.25) is 14.4 Å². The molecule has 0 bridgehead atoms. The van der Waals surface area contributed by atoms with E-state index in [9.17, 15) is 14.4 Å². The van der Waals surface area contributed by atoms with Crippen molar-refractivity contribution in [2.75, 3.05) is 10.6 Å². The standard InChI is InChI=1S/C23H23ClN4O3/c1-3-15-9-11-16(12-10-15)19-13-20(26-21(29)4-2)23(31)28(27-19)14-22(30)25-18-8-6-5-7-17(18)24/h5-13H,3-4,14H2,1-2H3,(H,25,30)(H,26,29). The molecule has 0 saturated heterocycles. The number of aryl methyl sites for hydroxylation is 1. The molecule has 2 aromatic carbocycles. The molecule has 31 heavy (non-hydrogen) atoms. The van der Waals surface area contributed by atoms with Gasteiger partial charge in [-0.05, 0) is 30.2 Å². The highest BCUT2D eigenvalue weighted by molar-refractivity contribution is 6.33. The van der Waals surface area contributed by atoms with Gasteiger partial charge in [0.15, 0.2) is 0 Å². The lowest BCUT2D eigenvalue weighted by atomic mass is 10.1. The number of carbonyl (C=O) groups excluding carboxylic acids is 2. The molecule has 1 aromatic heterocycles. The number of hydrogen-bond donors (Lipinski definition) is 2. The third-order valence-corrected chi connectivity index (χ3v) is 5.00. The van der Waals surface area contributed by atoms with E-state index in [0.717, 1.165) is 22.2 Å². The fourth-order valence-corrected chi connectivity index (χ4v) is 3.10. The van der Waals surface area contributed by atoms with E-state index in [1.54, 1.807) is 31.2 Å². The van der Waals surface area contributed by atoms with Crippen molar-refractivity contribution in [2.45, 2.75) is 33.2 Å². The number of nitrogens with one attached hydrogen (secondary N) is 2. The maximum absolute atomic E-state index is 12.8. The van der Waals surface area contributed by atoms with E-state index in [1.165, 1.54) is 6.07 Å². The largest absolute Gasteiger partial charge is 0.323 e. The maximum Gasteiger partial charge on any atom is 0.291 e. The Labute approximate surface area is 185 Å². The summed E-state index contributed by atoms with van der Waals surface area (Å²) < 4.78 is 1.04. The van der Waals surface area contributed by atoms with Crippen LogP contribution in [0.15, 0.2) is 59.4 Å². The maximum atomic E-state index is 12.8. The Morgan fingerprint density at radius 3 is 2.29 bits per heavy atom. The number of amides is 2. The molecule has 3 rings (SSSR count). The molecule has 2 amide bonds. The quantitative estimate of drug-likeness (QED) is 0.580. The summed E-state index contributed by atoms with van der Waals surface area (Å²) in [5, 5.41) is 10.0. The molecule has 0 saturated carbocycles. The first kappa shape index (κ1) is 22.2. The monoisotopic (exact) mass is 438 g/mol. The van der Waals surface area contributed by atoms with Crippen LogP contribution in [0, 0.1) is 0 Å². The predicted octanol–water partition coefficient (Wildman–Crippen LogP) is 4.11. The van der Waals surface area contributed by atoms with Crippen molar-refractivity contribution in [3.8, 4) is 11.3 Å². The zero-order chi connectivity index (χ0) is 22.4. The van der Waals surface area contributed by atoms with Crippen LogP contribution in [0.3, 0.4) is 0 Å². The van der Waals surface area contributed by atoms with Gasteiger partial charge in [0.05, 0.1) is 16.4 Å². The van der Waals surface area contributed by atoms with E-state index in [0.29, 0.717) is 16.4 Å². The molecule has 2 N–H and O–H groups in total. The molecule has 7 nitrogen and oxygen atoms in total. The van der Waals surface area contributed by atoms with Crippen molar-refractivity contribution in [3.63, 3.8) is 0 Å². The van der Waals surface area contributed by atoms with Crippen LogP contribution in [0.4, 0.5) is 11.4 Å². The molecule has 0 aliphatic carbocycles. The van der Waals surface area contributed by atoms with Crippen molar-refractivity contribution < 1.29 is 9.59 Å². The number of carbonyl (C=O) groups is 2. The van der Waals surface area contributed by atoms with Crippen LogP contribution in [0.1, 0.15) is 25.8 Å². The first-order chi connectivity index (χ1) is 14.9. The summed E-state index contributed by atoms with van der Waals surface area (Å²) in [4.78, 5) is 37.3. The van der Waals surface area contributed by atoms with Gasteiger partial charge in [0.25, 0.3) is 5.56 Å². The summed E-state index contributed by atoms with van der Waals surface area (Å²) in [5.74, 6) is -0.767. The predicted molar refractivity (Wildman–Crippen MR) is 122 cm³/mol. The Morgan fingerprint density at radius 2 is 1.65 bits per heavy atom. The summed E-state index contributed by atoms with van der Waals surface area (Å²) in [6.45, 7) is 3.42. The van der Waals surface area contributed by atoms with Gasteiger partial charge in [0.2, 0.25) is 11.8 Å². The Balaban J connectivity index is 1.96. The first-order valence-corrected chi connectivity index (χ1v) is 10.3. The summed E-state index contributed by atoms with van der Waals surface area (Å²) >= 11 is 6.08. The number of hydrogen-bond acceptors (Lipinski definition) is 4. The normalized spacial score (nSPS) is 10.5. The van der Waals surface area contributed by atoms with Gasteiger partial charge in [0, 0.05) is 12.0 Å². The highest BCUT2D eigenvalue weighted by Crippen LogP contribution is 2.21. The van der Waals surface area contributed by atoms with Crippen LogP contribution >= 0.6 is 11.6 Å². The minimum Gasteiger partial charge on any atom is -0.323 e. The van der Waals surface area contributed by atoms with Gasteiger partial charge in [-0.1, -0.05) is 61.8 Å². The topological polar surface area (TPSA) is 93.1 Å². The van der Waals surface area contributed by atoms with E-state index < -0.39 is 11.5 Å². The van der Waals surface area contributed by atoms with Crippen molar-refractivity contribution >= 4 is 34.8 Å². The smallest absolute Gasteiger partial charge is 0.291 e. The van der Waals surface area contributed by atoms with E-state index in [2.05, 4.69) is 22.7 Å². The first-order valence-electron chi connectivity index (χ1n) is 9.97. The molecular formula is C23H23ClN4O3. The van der Waals surface area contributed by atoms with Crippen LogP contribution in [0.5, 0.6) is 0 Å². The van der Waals surface area contributed by atoms with E-state index in [1.807, 2.05) is 24.3 Å². The second kappa shape index (κ2) is 10.0. The molecule has 160 valence electrons. The van der Waals surface area contributed by atoms with Crippen LogP contribution < -0.4 is 16.2 Å². The Kier molecular flexibility index (Phi) is 7.20. The van der Waals surface area contributed by atoms with E-state index in [4.69, 9.17) is 11.6 Å². The van der Waals surface area contributed by atoms with Gasteiger partial charge in [-0.15, -0.1) is 0 Å². The van der Waals surface area contributed by atoms with Gasteiger partial charge in [0.1, 0.15) is 12.2 Å². The molecule has 0 aliphatic heterocycles. The molecule has 0 aliphatic rings. The molecule has 0 radical (unpaired) electrons.